The molecule has 2 rings (SSSR count). The molecule has 1 aromatic rings. The highest BCUT2D eigenvalue weighted by Crippen LogP contribution is 2.36. The van der Waals surface area contributed by atoms with Crippen molar-refractivity contribution in [3.8, 4) is 0 Å². The number of aryl methyl sites for hydroxylation is 3. The van der Waals surface area contributed by atoms with Gasteiger partial charge >= 0.3 is 0 Å². The third kappa shape index (κ3) is 3.32. The Bertz CT molecular complexity index is 391. The summed E-state index contributed by atoms with van der Waals surface area (Å²) in [5.74, 6) is 1.85. The Labute approximate surface area is 106 Å². The van der Waals surface area contributed by atoms with Gasteiger partial charge in [0.05, 0.1) is 0 Å². The lowest BCUT2D eigenvalue weighted by atomic mass is 10.0. The second-order valence-corrected chi connectivity index (χ2v) is 5.81. The molecule has 0 heterocycles. The maximum Gasteiger partial charge on any atom is 0.0208 e. The van der Waals surface area contributed by atoms with E-state index in [1.165, 1.54) is 35.1 Å². The molecule has 1 unspecified atom stereocenters. The molecule has 1 aliphatic rings. The van der Waals surface area contributed by atoms with Crippen molar-refractivity contribution in [2.24, 2.45) is 11.8 Å². The predicted octanol–water partition coefficient (Wildman–Crippen LogP) is 3.75. The van der Waals surface area contributed by atoms with Crippen LogP contribution in [0.4, 0.5) is 0 Å². The van der Waals surface area contributed by atoms with Crippen molar-refractivity contribution in [3.05, 3.63) is 34.4 Å². The lowest BCUT2D eigenvalue weighted by Gasteiger charge is -2.14. The summed E-state index contributed by atoms with van der Waals surface area (Å²) >= 11 is 0. The van der Waals surface area contributed by atoms with E-state index in [2.05, 4.69) is 45.1 Å². The molecular weight excluding hydrogens is 206 g/mol. The Balaban J connectivity index is 1.87. The Morgan fingerprint density at radius 1 is 1.12 bits per heavy atom. The average molecular weight is 231 g/mol. The van der Waals surface area contributed by atoms with Gasteiger partial charge in [0, 0.05) is 6.54 Å². The van der Waals surface area contributed by atoms with Gasteiger partial charge in [-0.3, -0.25) is 0 Å². The van der Waals surface area contributed by atoms with E-state index >= 15 is 0 Å². The summed E-state index contributed by atoms with van der Waals surface area (Å²) in [7, 11) is 0. The largest absolute Gasteiger partial charge is 0.312 e. The van der Waals surface area contributed by atoms with Crippen molar-refractivity contribution in [1.82, 2.24) is 5.32 Å². The molecule has 0 spiro atoms. The van der Waals surface area contributed by atoms with Crippen LogP contribution in [0.15, 0.2) is 12.1 Å². The lowest BCUT2D eigenvalue weighted by Crippen LogP contribution is -2.22. The van der Waals surface area contributed by atoms with Crippen LogP contribution in [0.5, 0.6) is 0 Å². The van der Waals surface area contributed by atoms with Crippen molar-refractivity contribution in [2.75, 3.05) is 6.54 Å². The van der Waals surface area contributed by atoms with Gasteiger partial charge in [-0.25, -0.2) is 0 Å². The van der Waals surface area contributed by atoms with Crippen LogP contribution in [0.25, 0.3) is 0 Å². The van der Waals surface area contributed by atoms with Gasteiger partial charge in [0.2, 0.25) is 0 Å². The van der Waals surface area contributed by atoms with E-state index in [1.807, 2.05) is 0 Å². The topological polar surface area (TPSA) is 12.0 Å². The Kier molecular flexibility index (Phi) is 3.88. The van der Waals surface area contributed by atoms with Crippen LogP contribution < -0.4 is 5.32 Å². The summed E-state index contributed by atoms with van der Waals surface area (Å²) in [5.41, 5.74) is 5.68. The van der Waals surface area contributed by atoms with Gasteiger partial charge in [-0.15, -0.1) is 0 Å². The van der Waals surface area contributed by atoms with Gasteiger partial charge in [-0.05, 0) is 74.2 Å². The molecule has 94 valence electrons. The molecule has 1 aromatic carbocycles. The molecule has 1 saturated carbocycles. The molecule has 0 radical (unpaired) electrons. The first-order valence-corrected chi connectivity index (χ1v) is 6.85. The maximum absolute atomic E-state index is 3.61. The van der Waals surface area contributed by atoms with Crippen LogP contribution in [0, 0.1) is 32.6 Å². The van der Waals surface area contributed by atoms with E-state index in [9.17, 15) is 0 Å². The minimum absolute atomic E-state index is 0.849. The molecule has 0 bridgehead atoms. The lowest BCUT2D eigenvalue weighted by molar-refractivity contribution is 0.461. The van der Waals surface area contributed by atoms with Crippen LogP contribution in [-0.2, 0) is 6.54 Å². The van der Waals surface area contributed by atoms with E-state index in [1.54, 1.807) is 0 Å². The highest BCUT2D eigenvalue weighted by molar-refractivity contribution is 5.36. The zero-order valence-electron chi connectivity index (χ0n) is 11.6. The van der Waals surface area contributed by atoms with Gasteiger partial charge in [-0.2, -0.15) is 0 Å². The highest BCUT2D eigenvalue weighted by atomic mass is 14.9. The smallest absolute Gasteiger partial charge is 0.0208 e. The van der Waals surface area contributed by atoms with Crippen molar-refractivity contribution in [3.63, 3.8) is 0 Å². The van der Waals surface area contributed by atoms with Crippen molar-refractivity contribution in [1.29, 1.82) is 0 Å². The highest BCUT2D eigenvalue weighted by Gasteiger charge is 2.27. The number of hydrogen-bond donors (Lipinski definition) is 1. The third-order valence-electron chi connectivity index (χ3n) is 4.16. The van der Waals surface area contributed by atoms with Crippen molar-refractivity contribution in [2.45, 2.75) is 47.1 Å². The number of hydrogen-bond acceptors (Lipinski definition) is 1. The minimum Gasteiger partial charge on any atom is -0.312 e. The van der Waals surface area contributed by atoms with Gasteiger partial charge in [0.15, 0.2) is 0 Å². The second-order valence-electron chi connectivity index (χ2n) is 5.81. The summed E-state index contributed by atoms with van der Waals surface area (Å²) in [6, 6.07) is 4.64. The molecule has 1 atom stereocenters. The average Bonchev–Trinajstić information content (AvgIpc) is 3.09. The van der Waals surface area contributed by atoms with Crippen LogP contribution in [0.1, 0.15) is 42.0 Å². The monoisotopic (exact) mass is 231 g/mol. The fraction of sp³-hybridized carbons (Fsp3) is 0.625. The van der Waals surface area contributed by atoms with E-state index in [0.29, 0.717) is 0 Å². The standard InChI is InChI=1S/C16H25N/c1-11-7-13(3)16(8-12(11)2)10-17-9-14(4)15-5-6-15/h7-8,14-15,17H,5-6,9-10H2,1-4H3. The number of rotatable bonds is 5. The van der Waals surface area contributed by atoms with Gasteiger partial charge < -0.3 is 5.32 Å². The van der Waals surface area contributed by atoms with E-state index < -0.39 is 0 Å². The molecule has 0 aromatic heterocycles. The molecule has 1 N–H and O–H groups in total. The summed E-state index contributed by atoms with van der Waals surface area (Å²) in [4.78, 5) is 0. The molecule has 0 saturated heterocycles. The second kappa shape index (κ2) is 5.22. The first-order valence-electron chi connectivity index (χ1n) is 6.85. The normalized spacial score (nSPS) is 17.2. The molecule has 1 nitrogen and oxygen atoms in total. The fourth-order valence-electron chi connectivity index (χ4n) is 2.48. The Hall–Kier alpha value is -0.820. The van der Waals surface area contributed by atoms with Crippen LogP contribution in [-0.4, -0.2) is 6.54 Å². The first-order chi connectivity index (χ1) is 8.08. The van der Waals surface area contributed by atoms with E-state index in [0.717, 1.165) is 24.9 Å². The van der Waals surface area contributed by atoms with E-state index in [4.69, 9.17) is 0 Å². The Morgan fingerprint density at radius 2 is 1.76 bits per heavy atom. The first kappa shape index (κ1) is 12.6. The molecule has 1 aliphatic carbocycles. The predicted molar refractivity (Wildman–Crippen MR) is 74.2 cm³/mol. The fourth-order valence-corrected chi connectivity index (χ4v) is 2.48. The number of nitrogens with one attached hydrogen (secondary N) is 1. The summed E-state index contributed by atoms with van der Waals surface area (Å²) < 4.78 is 0. The van der Waals surface area contributed by atoms with Crippen molar-refractivity contribution >= 4 is 0 Å². The SMILES string of the molecule is Cc1cc(C)c(CNCC(C)C2CC2)cc1C. The van der Waals surface area contributed by atoms with Crippen LogP contribution in [0.2, 0.25) is 0 Å². The molecular formula is C16H25N. The number of benzene rings is 1. The van der Waals surface area contributed by atoms with Crippen LogP contribution in [0.3, 0.4) is 0 Å². The quantitative estimate of drug-likeness (QED) is 0.814. The molecule has 1 heteroatoms. The third-order valence-corrected chi connectivity index (χ3v) is 4.16. The molecule has 0 amide bonds. The maximum atomic E-state index is 3.61. The van der Waals surface area contributed by atoms with Crippen molar-refractivity contribution < 1.29 is 0 Å². The summed E-state index contributed by atoms with van der Waals surface area (Å²) in [6.07, 6.45) is 2.90. The van der Waals surface area contributed by atoms with E-state index in [-0.39, 0.29) is 0 Å². The molecule has 1 fully saturated rings. The summed E-state index contributed by atoms with van der Waals surface area (Å²) in [5, 5.41) is 3.61. The van der Waals surface area contributed by atoms with Gasteiger partial charge in [-0.1, -0.05) is 19.1 Å². The minimum atomic E-state index is 0.849. The summed E-state index contributed by atoms with van der Waals surface area (Å²) in [6.45, 7) is 11.2. The van der Waals surface area contributed by atoms with Gasteiger partial charge in [0.1, 0.15) is 0 Å². The zero-order valence-corrected chi connectivity index (χ0v) is 11.6. The zero-order chi connectivity index (χ0) is 12.4. The Morgan fingerprint density at radius 3 is 2.41 bits per heavy atom. The van der Waals surface area contributed by atoms with Crippen LogP contribution >= 0.6 is 0 Å². The van der Waals surface area contributed by atoms with Gasteiger partial charge in [0.25, 0.3) is 0 Å². The molecule has 0 aliphatic heterocycles. The molecule has 17 heavy (non-hydrogen) atoms.